The van der Waals surface area contributed by atoms with Crippen LogP contribution in [-0.4, -0.2) is 24.0 Å². The van der Waals surface area contributed by atoms with Gasteiger partial charge in [0, 0.05) is 5.38 Å². The molecular weight excluding hydrogens is 321 g/mol. The summed E-state index contributed by atoms with van der Waals surface area (Å²) >= 11 is 0.857. The summed E-state index contributed by atoms with van der Waals surface area (Å²) in [5.41, 5.74) is -0.959. The molecule has 1 aliphatic carbocycles. The lowest BCUT2D eigenvalue weighted by atomic mass is 10.2. The van der Waals surface area contributed by atoms with Crippen molar-refractivity contribution in [1.82, 2.24) is 10.3 Å². The van der Waals surface area contributed by atoms with E-state index in [9.17, 15) is 22.8 Å². The summed E-state index contributed by atoms with van der Waals surface area (Å²) in [5.74, 6) is -1.72. The third-order valence-corrected chi connectivity index (χ3v) is 4.42. The molecular formula is C13H15F3N2O3S. The average molecular weight is 336 g/mol. The van der Waals surface area contributed by atoms with Gasteiger partial charge in [0.05, 0.1) is 25.0 Å². The van der Waals surface area contributed by atoms with Crippen LogP contribution in [0.15, 0.2) is 5.38 Å². The highest BCUT2D eigenvalue weighted by Gasteiger charge is 2.49. The highest BCUT2D eigenvalue weighted by molar-refractivity contribution is 7.09. The molecule has 22 heavy (non-hydrogen) atoms. The molecule has 122 valence electrons. The maximum Gasteiger partial charge on any atom is 0.434 e. The van der Waals surface area contributed by atoms with E-state index >= 15 is 0 Å². The highest BCUT2D eigenvalue weighted by Crippen LogP contribution is 2.40. The van der Waals surface area contributed by atoms with E-state index in [-0.39, 0.29) is 10.9 Å². The molecule has 1 heterocycles. The molecule has 0 bridgehead atoms. The lowest BCUT2D eigenvalue weighted by molar-refractivity contribution is -0.143. The fourth-order valence-electron chi connectivity index (χ4n) is 2.09. The zero-order valence-electron chi connectivity index (χ0n) is 11.9. The van der Waals surface area contributed by atoms with Crippen molar-refractivity contribution in [3.63, 3.8) is 0 Å². The third-order valence-electron chi connectivity index (χ3n) is 3.47. The number of nitrogens with zero attached hydrogens (tertiary/aromatic N) is 1. The minimum atomic E-state index is -4.50. The Balaban J connectivity index is 2.00. The fraction of sp³-hybridized carbons (Fsp3) is 0.615. The number of ether oxygens (including phenoxy) is 1. The van der Waals surface area contributed by atoms with Gasteiger partial charge in [-0.15, -0.1) is 11.3 Å². The van der Waals surface area contributed by atoms with Gasteiger partial charge in [-0.05, 0) is 12.8 Å². The van der Waals surface area contributed by atoms with E-state index in [4.69, 9.17) is 0 Å². The number of rotatable bonds is 5. The van der Waals surface area contributed by atoms with E-state index in [0.717, 1.165) is 16.7 Å². The van der Waals surface area contributed by atoms with E-state index in [1.54, 1.807) is 6.92 Å². The molecule has 0 spiro atoms. The number of methoxy groups -OCH3 is 1. The number of nitrogens with one attached hydrogen (secondary N) is 1. The Morgan fingerprint density at radius 2 is 2.18 bits per heavy atom. The van der Waals surface area contributed by atoms with Gasteiger partial charge in [-0.3, -0.25) is 9.59 Å². The Morgan fingerprint density at radius 1 is 1.50 bits per heavy atom. The molecule has 1 aliphatic rings. The van der Waals surface area contributed by atoms with Crippen LogP contribution < -0.4 is 5.32 Å². The van der Waals surface area contributed by atoms with Crippen LogP contribution in [0.4, 0.5) is 13.2 Å². The Labute approximate surface area is 128 Å². The SMILES string of the molecule is CC[C@H](NC(=O)[C@@H]1C[C@@H]1C(=O)OC)c1nc(C(F)(F)F)cs1. The van der Waals surface area contributed by atoms with Gasteiger partial charge in [0.25, 0.3) is 0 Å². The van der Waals surface area contributed by atoms with Gasteiger partial charge in [0.2, 0.25) is 5.91 Å². The first-order valence-electron chi connectivity index (χ1n) is 6.68. The number of alkyl halides is 3. The summed E-state index contributed by atoms with van der Waals surface area (Å²) in [6.45, 7) is 1.74. The Hall–Kier alpha value is -1.64. The number of carbonyl (C=O) groups is 2. The van der Waals surface area contributed by atoms with Crippen LogP contribution in [0.1, 0.15) is 36.5 Å². The van der Waals surface area contributed by atoms with Crippen LogP contribution >= 0.6 is 11.3 Å². The van der Waals surface area contributed by atoms with Crippen molar-refractivity contribution in [3.8, 4) is 0 Å². The number of esters is 1. The molecule has 1 aromatic rings. The van der Waals surface area contributed by atoms with Crippen molar-refractivity contribution in [2.24, 2.45) is 11.8 Å². The van der Waals surface area contributed by atoms with E-state index in [2.05, 4.69) is 15.0 Å². The van der Waals surface area contributed by atoms with Gasteiger partial charge in [-0.1, -0.05) is 6.92 Å². The van der Waals surface area contributed by atoms with Gasteiger partial charge in [-0.25, -0.2) is 4.98 Å². The van der Waals surface area contributed by atoms with Crippen molar-refractivity contribution in [3.05, 3.63) is 16.1 Å². The molecule has 1 saturated carbocycles. The molecule has 9 heteroatoms. The Bertz CT molecular complexity index is 573. The maximum absolute atomic E-state index is 12.6. The number of aromatic nitrogens is 1. The van der Waals surface area contributed by atoms with Crippen LogP contribution in [0.2, 0.25) is 0 Å². The standard InChI is InChI=1S/C13H15F3N2O3S/c1-3-8(11-18-9(5-22-11)13(14,15)16)17-10(19)6-4-7(6)12(20)21-2/h5-8H,3-4H2,1-2H3,(H,17,19)/t6-,7+,8+/m1/s1. The van der Waals surface area contributed by atoms with Gasteiger partial charge in [0.15, 0.2) is 5.69 Å². The normalized spacial score (nSPS) is 22.0. The predicted octanol–water partition coefficient (Wildman–Crippen LogP) is 2.54. The zero-order valence-corrected chi connectivity index (χ0v) is 12.8. The van der Waals surface area contributed by atoms with Crippen LogP contribution in [-0.2, 0) is 20.5 Å². The fourth-order valence-corrected chi connectivity index (χ4v) is 3.05. The third kappa shape index (κ3) is 3.57. The highest BCUT2D eigenvalue weighted by atomic mass is 32.1. The van der Waals surface area contributed by atoms with Gasteiger partial charge in [0.1, 0.15) is 5.01 Å². The molecule has 1 fully saturated rings. The van der Waals surface area contributed by atoms with Crippen LogP contribution in [0, 0.1) is 11.8 Å². The molecule has 0 unspecified atom stereocenters. The molecule has 1 N–H and O–H groups in total. The lowest BCUT2D eigenvalue weighted by Crippen LogP contribution is -2.30. The number of hydrogen-bond donors (Lipinski definition) is 1. The van der Waals surface area contributed by atoms with Gasteiger partial charge in [-0.2, -0.15) is 13.2 Å². The molecule has 5 nitrogen and oxygen atoms in total. The second-order valence-corrected chi connectivity index (χ2v) is 5.90. The minimum absolute atomic E-state index is 0.207. The zero-order chi connectivity index (χ0) is 16.5. The van der Waals surface area contributed by atoms with Crippen molar-refractivity contribution in [2.45, 2.75) is 32.0 Å². The van der Waals surface area contributed by atoms with Gasteiger partial charge >= 0.3 is 12.1 Å². The second-order valence-electron chi connectivity index (χ2n) is 5.01. The first-order valence-corrected chi connectivity index (χ1v) is 7.56. The second kappa shape index (κ2) is 6.23. The Kier molecular flexibility index (Phi) is 4.74. The molecule has 0 aliphatic heterocycles. The summed E-state index contributed by atoms with van der Waals surface area (Å²) in [4.78, 5) is 26.9. The van der Waals surface area contributed by atoms with Crippen LogP contribution in [0.3, 0.4) is 0 Å². The van der Waals surface area contributed by atoms with E-state index in [1.807, 2.05) is 0 Å². The Morgan fingerprint density at radius 3 is 2.68 bits per heavy atom. The number of hydrogen-bond acceptors (Lipinski definition) is 5. The molecule has 3 atom stereocenters. The molecule has 1 aromatic heterocycles. The first-order chi connectivity index (χ1) is 10.3. The molecule has 1 amide bonds. The summed E-state index contributed by atoms with van der Waals surface area (Å²) < 4.78 is 42.2. The largest absolute Gasteiger partial charge is 0.469 e. The summed E-state index contributed by atoms with van der Waals surface area (Å²) in [6.07, 6.45) is -3.68. The summed E-state index contributed by atoms with van der Waals surface area (Å²) in [7, 11) is 1.25. The molecule has 0 aromatic carbocycles. The van der Waals surface area contributed by atoms with Crippen LogP contribution in [0.25, 0.3) is 0 Å². The summed E-state index contributed by atoms with van der Waals surface area (Å²) in [5, 5.41) is 3.79. The number of carbonyl (C=O) groups excluding carboxylic acids is 2. The first kappa shape index (κ1) is 16.7. The summed E-state index contributed by atoms with van der Waals surface area (Å²) in [6, 6.07) is -0.590. The maximum atomic E-state index is 12.6. The lowest BCUT2D eigenvalue weighted by Gasteiger charge is -2.14. The number of amides is 1. The minimum Gasteiger partial charge on any atom is -0.469 e. The predicted molar refractivity (Wildman–Crippen MR) is 71.9 cm³/mol. The van der Waals surface area contributed by atoms with E-state index in [0.29, 0.717) is 12.8 Å². The molecule has 0 saturated heterocycles. The van der Waals surface area contributed by atoms with Crippen molar-refractivity contribution in [2.75, 3.05) is 7.11 Å². The molecule has 2 rings (SSSR count). The monoisotopic (exact) mass is 336 g/mol. The van der Waals surface area contributed by atoms with E-state index < -0.39 is 35.7 Å². The smallest absolute Gasteiger partial charge is 0.434 e. The number of thiazole rings is 1. The quantitative estimate of drug-likeness (QED) is 0.839. The number of halogens is 3. The van der Waals surface area contributed by atoms with Crippen molar-refractivity contribution >= 4 is 23.2 Å². The van der Waals surface area contributed by atoms with Gasteiger partial charge < -0.3 is 10.1 Å². The van der Waals surface area contributed by atoms with Crippen LogP contribution in [0.5, 0.6) is 0 Å². The van der Waals surface area contributed by atoms with E-state index in [1.165, 1.54) is 7.11 Å². The van der Waals surface area contributed by atoms with Crippen molar-refractivity contribution < 1.29 is 27.5 Å². The topological polar surface area (TPSA) is 68.3 Å². The average Bonchev–Trinajstić information content (AvgIpc) is 3.10. The van der Waals surface area contributed by atoms with Crippen molar-refractivity contribution in [1.29, 1.82) is 0 Å². The molecule has 0 radical (unpaired) electrons.